The van der Waals surface area contributed by atoms with Crippen LogP contribution in [-0.2, 0) is 4.79 Å². The minimum atomic E-state index is -0.177. The molecule has 98 valence electrons. The minimum absolute atomic E-state index is 0.177. The van der Waals surface area contributed by atoms with Crippen LogP contribution in [0.5, 0.6) is 0 Å². The zero-order valence-corrected chi connectivity index (χ0v) is 11.4. The van der Waals surface area contributed by atoms with Crippen molar-refractivity contribution in [1.29, 1.82) is 0 Å². The van der Waals surface area contributed by atoms with Crippen molar-refractivity contribution in [2.75, 3.05) is 16.8 Å². The van der Waals surface area contributed by atoms with Crippen molar-refractivity contribution in [3.05, 3.63) is 41.7 Å². The zero-order chi connectivity index (χ0) is 13.7. The molecule has 3 N–H and O–H groups in total. The third kappa shape index (κ3) is 4.11. The standard InChI is InChI=1S/C12H11ClN4OS/c13-9-6-8(14)2-3-10(9)17-11(18)7-19-12-15-4-1-5-16-12/h1-6H,7,14H2,(H,17,18). The van der Waals surface area contributed by atoms with Crippen LogP contribution in [0, 0.1) is 0 Å². The fourth-order valence-electron chi connectivity index (χ4n) is 1.31. The number of carbonyl (C=O) groups is 1. The predicted molar refractivity (Wildman–Crippen MR) is 77.3 cm³/mol. The molecule has 5 nitrogen and oxygen atoms in total. The summed E-state index contributed by atoms with van der Waals surface area (Å²) in [5.41, 5.74) is 6.66. The van der Waals surface area contributed by atoms with Crippen LogP contribution in [0.25, 0.3) is 0 Å². The minimum Gasteiger partial charge on any atom is -0.399 e. The molecular formula is C12H11ClN4OS. The highest BCUT2D eigenvalue weighted by Gasteiger charge is 2.07. The normalized spacial score (nSPS) is 10.2. The van der Waals surface area contributed by atoms with Gasteiger partial charge in [0, 0.05) is 18.1 Å². The number of halogens is 1. The fraction of sp³-hybridized carbons (Fsp3) is 0.0833. The molecule has 0 spiro atoms. The van der Waals surface area contributed by atoms with Crippen LogP contribution < -0.4 is 11.1 Å². The van der Waals surface area contributed by atoms with Gasteiger partial charge < -0.3 is 11.1 Å². The van der Waals surface area contributed by atoms with Gasteiger partial charge in [0.2, 0.25) is 5.91 Å². The maximum atomic E-state index is 11.7. The quantitative estimate of drug-likeness (QED) is 0.514. The molecule has 0 radical (unpaired) electrons. The number of thioether (sulfide) groups is 1. The topological polar surface area (TPSA) is 80.9 Å². The van der Waals surface area contributed by atoms with E-state index in [4.69, 9.17) is 17.3 Å². The molecule has 1 heterocycles. The number of nitrogen functional groups attached to an aromatic ring is 1. The molecule has 0 saturated heterocycles. The number of rotatable bonds is 4. The predicted octanol–water partition coefficient (Wildman–Crippen LogP) is 2.44. The third-order valence-electron chi connectivity index (χ3n) is 2.14. The summed E-state index contributed by atoms with van der Waals surface area (Å²) in [6.45, 7) is 0. The van der Waals surface area contributed by atoms with Gasteiger partial charge in [0.15, 0.2) is 5.16 Å². The highest BCUT2D eigenvalue weighted by atomic mass is 35.5. The molecule has 0 bridgehead atoms. The maximum Gasteiger partial charge on any atom is 0.234 e. The van der Waals surface area contributed by atoms with Gasteiger partial charge in [-0.2, -0.15) is 0 Å². The van der Waals surface area contributed by atoms with Gasteiger partial charge in [-0.1, -0.05) is 23.4 Å². The van der Waals surface area contributed by atoms with Gasteiger partial charge in [-0.3, -0.25) is 4.79 Å². The Morgan fingerprint density at radius 1 is 1.37 bits per heavy atom. The summed E-state index contributed by atoms with van der Waals surface area (Å²) in [7, 11) is 0. The molecule has 1 aromatic heterocycles. The Bertz CT molecular complexity index is 579. The van der Waals surface area contributed by atoms with Crippen molar-refractivity contribution >= 4 is 40.6 Å². The summed E-state index contributed by atoms with van der Waals surface area (Å²) >= 11 is 7.22. The summed E-state index contributed by atoms with van der Waals surface area (Å²) in [6, 6.07) is 6.65. The average Bonchev–Trinajstić information content (AvgIpc) is 2.41. The number of hydrogen-bond acceptors (Lipinski definition) is 5. The molecule has 0 aliphatic carbocycles. The van der Waals surface area contributed by atoms with E-state index in [1.807, 2.05) is 0 Å². The molecule has 1 aromatic carbocycles. The molecule has 0 aliphatic rings. The summed E-state index contributed by atoms with van der Waals surface area (Å²) < 4.78 is 0. The van der Waals surface area contributed by atoms with E-state index in [-0.39, 0.29) is 11.7 Å². The lowest BCUT2D eigenvalue weighted by molar-refractivity contribution is -0.113. The second kappa shape index (κ2) is 6.40. The highest BCUT2D eigenvalue weighted by molar-refractivity contribution is 7.99. The van der Waals surface area contributed by atoms with E-state index in [0.29, 0.717) is 21.6 Å². The summed E-state index contributed by atoms with van der Waals surface area (Å²) in [6.07, 6.45) is 3.26. The number of amides is 1. The third-order valence-corrected chi connectivity index (χ3v) is 3.33. The molecule has 19 heavy (non-hydrogen) atoms. The van der Waals surface area contributed by atoms with Crippen molar-refractivity contribution in [3.8, 4) is 0 Å². The molecule has 0 unspecified atom stereocenters. The first-order valence-electron chi connectivity index (χ1n) is 5.40. The lowest BCUT2D eigenvalue weighted by atomic mass is 10.3. The number of anilines is 2. The largest absolute Gasteiger partial charge is 0.399 e. The Hall–Kier alpha value is -1.79. The SMILES string of the molecule is Nc1ccc(NC(=O)CSc2ncccn2)c(Cl)c1. The molecule has 0 aliphatic heterocycles. The van der Waals surface area contributed by atoms with Crippen LogP contribution in [0.3, 0.4) is 0 Å². The van der Waals surface area contributed by atoms with Gasteiger partial charge in [0.05, 0.1) is 16.5 Å². The number of nitrogens with two attached hydrogens (primary N) is 1. The van der Waals surface area contributed by atoms with Crippen molar-refractivity contribution in [2.45, 2.75) is 5.16 Å². The summed E-state index contributed by atoms with van der Waals surface area (Å²) in [4.78, 5) is 19.8. The number of benzene rings is 1. The number of aromatic nitrogens is 2. The van der Waals surface area contributed by atoms with E-state index >= 15 is 0 Å². The summed E-state index contributed by atoms with van der Waals surface area (Å²) in [5, 5.41) is 3.67. The van der Waals surface area contributed by atoms with Gasteiger partial charge in [-0.05, 0) is 24.3 Å². The Balaban J connectivity index is 1.91. The zero-order valence-electron chi connectivity index (χ0n) is 9.84. The molecule has 0 fully saturated rings. The number of nitrogens with zero attached hydrogens (tertiary/aromatic N) is 2. The first-order valence-corrected chi connectivity index (χ1v) is 6.76. The Kier molecular flexibility index (Phi) is 4.59. The molecular weight excluding hydrogens is 284 g/mol. The maximum absolute atomic E-state index is 11.7. The van der Waals surface area contributed by atoms with Crippen molar-refractivity contribution in [2.24, 2.45) is 0 Å². The first kappa shape index (κ1) is 13.6. The van der Waals surface area contributed by atoms with Crippen LogP contribution >= 0.6 is 23.4 Å². The van der Waals surface area contributed by atoms with Gasteiger partial charge in [0.25, 0.3) is 0 Å². The number of nitrogens with one attached hydrogen (secondary N) is 1. The Labute approximate surface area is 119 Å². The van der Waals surface area contributed by atoms with E-state index in [2.05, 4.69) is 15.3 Å². The van der Waals surface area contributed by atoms with E-state index in [9.17, 15) is 4.79 Å². The van der Waals surface area contributed by atoms with Crippen molar-refractivity contribution < 1.29 is 4.79 Å². The van der Waals surface area contributed by atoms with Crippen LogP contribution in [-0.4, -0.2) is 21.6 Å². The molecule has 0 saturated carbocycles. The van der Waals surface area contributed by atoms with Gasteiger partial charge in [0.1, 0.15) is 0 Å². The van der Waals surface area contributed by atoms with Crippen molar-refractivity contribution in [3.63, 3.8) is 0 Å². The molecule has 1 amide bonds. The smallest absolute Gasteiger partial charge is 0.234 e. The second-order valence-corrected chi connectivity index (χ2v) is 4.96. The van der Waals surface area contributed by atoms with E-state index in [0.717, 1.165) is 0 Å². The van der Waals surface area contributed by atoms with E-state index in [1.165, 1.54) is 11.8 Å². The highest BCUT2D eigenvalue weighted by Crippen LogP contribution is 2.24. The molecule has 2 aromatic rings. The van der Waals surface area contributed by atoms with E-state index < -0.39 is 0 Å². The molecule has 7 heteroatoms. The number of carbonyl (C=O) groups excluding carboxylic acids is 1. The van der Waals surface area contributed by atoms with Crippen LogP contribution in [0.15, 0.2) is 41.8 Å². The van der Waals surface area contributed by atoms with Crippen LogP contribution in [0.2, 0.25) is 5.02 Å². The van der Waals surface area contributed by atoms with Gasteiger partial charge >= 0.3 is 0 Å². The Morgan fingerprint density at radius 3 is 2.79 bits per heavy atom. The molecule has 2 rings (SSSR count). The van der Waals surface area contributed by atoms with Crippen molar-refractivity contribution in [1.82, 2.24) is 9.97 Å². The summed E-state index contributed by atoms with van der Waals surface area (Å²) in [5.74, 6) is 0.0363. The van der Waals surface area contributed by atoms with E-state index in [1.54, 1.807) is 36.7 Å². The fourth-order valence-corrected chi connectivity index (χ4v) is 2.15. The van der Waals surface area contributed by atoms with Crippen LogP contribution in [0.4, 0.5) is 11.4 Å². The lowest BCUT2D eigenvalue weighted by Crippen LogP contribution is -2.14. The monoisotopic (exact) mass is 294 g/mol. The first-order chi connectivity index (χ1) is 9.15. The molecule has 0 atom stereocenters. The average molecular weight is 295 g/mol. The Morgan fingerprint density at radius 2 is 2.11 bits per heavy atom. The van der Waals surface area contributed by atoms with Gasteiger partial charge in [-0.15, -0.1) is 0 Å². The number of hydrogen-bond donors (Lipinski definition) is 2. The van der Waals surface area contributed by atoms with Gasteiger partial charge in [-0.25, -0.2) is 9.97 Å². The lowest BCUT2D eigenvalue weighted by Gasteiger charge is -2.07. The second-order valence-electron chi connectivity index (χ2n) is 3.61. The van der Waals surface area contributed by atoms with Crippen LogP contribution in [0.1, 0.15) is 0 Å².